The third-order valence-corrected chi connectivity index (χ3v) is 3.21. The fraction of sp³-hybridized carbons (Fsp3) is 0.538. The van der Waals surface area contributed by atoms with Gasteiger partial charge in [-0.05, 0) is 30.9 Å². The predicted octanol–water partition coefficient (Wildman–Crippen LogP) is 2.20. The Hall–Kier alpha value is -1.29. The van der Waals surface area contributed by atoms with Crippen LogP contribution in [0.3, 0.4) is 0 Å². The van der Waals surface area contributed by atoms with Crippen molar-refractivity contribution in [2.75, 3.05) is 6.54 Å². The van der Waals surface area contributed by atoms with Gasteiger partial charge in [0.15, 0.2) is 5.96 Å². The Morgan fingerprint density at radius 2 is 2.33 bits per heavy atom. The van der Waals surface area contributed by atoms with Gasteiger partial charge in [0.25, 0.3) is 0 Å². The highest BCUT2D eigenvalue weighted by atomic mass is 35.5. The number of nitrogens with zero attached hydrogens (tertiary/aromatic N) is 2. The molecule has 1 heterocycles. The van der Waals surface area contributed by atoms with Gasteiger partial charge in [0.1, 0.15) is 5.15 Å². The predicted molar refractivity (Wildman–Crippen MR) is 74.8 cm³/mol. The molecule has 1 aliphatic rings. The summed E-state index contributed by atoms with van der Waals surface area (Å²) < 4.78 is 0. The molecular weight excluding hydrogens is 248 g/mol. The Bertz CT molecular complexity index is 416. The van der Waals surface area contributed by atoms with Gasteiger partial charge in [-0.25, -0.2) is 9.98 Å². The minimum absolute atomic E-state index is 0.513. The van der Waals surface area contributed by atoms with Crippen LogP contribution < -0.4 is 10.6 Å². The van der Waals surface area contributed by atoms with Crippen LogP contribution in [0.5, 0.6) is 0 Å². The van der Waals surface area contributed by atoms with Crippen LogP contribution in [-0.2, 0) is 6.54 Å². The van der Waals surface area contributed by atoms with Gasteiger partial charge >= 0.3 is 0 Å². The molecule has 98 valence electrons. The van der Waals surface area contributed by atoms with Crippen molar-refractivity contribution in [3.63, 3.8) is 0 Å². The monoisotopic (exact) mass is 266 g/mol. The highest BCUT2D eigenvalue weighted by Gasteiger charge is 2.33. The number of nitrogens with one attached hydrogen (secondary N) is 2. The second kappa shape index (κ2) is 6.05. The van der Waals surface area contributed by atoms with Gasteiger partial charge in [-0.2, -0.15) is 0 Å². The van der Waals surface area contributed by atoms with Gasteiger partial charge in [0.05, 0.1) is 6.54 Å². The van der Waals surface area contributed by atoms with E-state index in [2.05, 4.69) is 34.5 Å². The lowest BCUT2D eigenvalue weighted by atomic mass is 10.3. The number of rotatable bonds is 4. The molecule has 18 heavy (non-hydrogen) atoms. The molecule has 0 bridgehead atoms. The number of hydrogen-bond donors (Lipinski definition) is 2. The van der Waals surface area contributed by atoms with Gasteiger partial charge in [0.2, 0.25) is 0 Å². The highest BCUT2D eigenvalue weighted by molar-refractivity contribution is 6.29. The van der Waals surface area contributed by atoms with E-state index in [1.165, 1.54) is 6.42 Å². The summed E-state index contributed by atoms with van der Waals surface area (Å²) in [7, 11) is 0. The number of aromatic nitrogens is 1. The molecular formula is C13H19ClN4. The fourth-order valence-corrected chi connectivity index (χ4v) is 1.80. The lowest BCUT2D eigenvalue weighted by Gasteiger charge is -2.10. The molecule has 2 unspecified atom stereocenters. The molecule has 1 aliphatic carbocycles. The maximum Gasteiger partial charge on any atom is 0.191 e. The van der Waals surface area contributed by atoms with E-state index in [9.17, 15) is 0 Å². The quantitative estimate of drug-likeness (QED) is 0.499. The number of aliphatic imine (C=N–C) groups is 1. The smallest absolute Gasteiger partial charge is 0.191 e. The van der Waals surface area contributed by atoms with Crippen molar-refractivity contribution in [1.82, 2.24) is 15.6 Å². The molecule has 0 aliphatic heterocycles. The van der Waals surface area contributed by atoms with E-state index in [4.69, 9.17) is 11.6 Å². The minimum Gasteiger partial charge on any atom is -0.357 e. The first-order chi connectivity index (χ1) is 8.69. The normalized spacial score (nSPS) is 22.7. The summed E-state index contributed by atoms with van der Waals surface area (Å²) in [6.45, 7) is 5.79. The number of hydrogen-bond acceptors (Lipinski definition) is 2. The van der Waals surface area contributed by atoms with E-state index in [1.54, 1.807) is 12.3 Å². The van der Waals surface area contributed by atoms with E-state index in [1.807, 2.05) is 6.07 Å². The van der Waals surface area contributed by atoms with Crippen LogP contribution in [-0.4, -0.2) is 23.5 Å². The Balaban J connectivity index is 1.92. The molecule has 5 heteroatoms. The Kier molecular flexibility index (Phi) is 4.42. The molecule has 1 saturated carbocycles. The Labute approximate surface area is 113 Å². The second-order valence-electron chi connectivity index (χ2n) is 4.65. The van der Waals surface area contributed by atoms with Crippen molar-refractivity contribution in [2.45, 2.75) is 32.9 Å². The van der Waals surface area contributed by atoms with Crippen molar-refractivity contribution >= 4 is 17.6 Å². The molecule has 2 rings (SSSR count). The molecule has 1 fully saturated rings. The molecule has 2 atom stereocenters. The maximum atomic E-state index is 5.75. The second-order valence-corrected chi connectivity index (χ2v) is 5.04. The molecule has 0 aromatic carbocycles. The van der Waals surface area contributed by atoms with Gasteiger partial charge < -0.3 is 10.6 Å². The lowest BCUT2D eigenvalue weighted by molar-refractivity contribution is 0.766. The van der Waals surface area contributed by atoms with Crippen LogP contribution >= 0.6 is 11.6 Å². The van der Waals surface area contributed by atoms with Gasteiger partial charge in [-0.1, -0.05) is 24.6 Å². The summed E-state index contributed by atoms with van der Waals surface area (Å²) in [5, 5.41) is 7.18. The van der Waals surface area contributed by atoms with Gasteiger partial charge in [-0.15, -0.1) is 0 Å². The minimum atomic E-state index is 0.513. The number of guanidine groups is 1. The van der Waals surface area contributed by atoms with E-state index < -0.39 is 0 Å². The molecule has 1 aromatic rings. The van der Waals surface area contributed by atoms with E-state index in [0.29, 0.717) is 17.7 Å². The SMILES string of the molecule is CCNC(=NCc1ccc(Cl)nc1)NC1CC1C. The van der Waals surface area contributed by atoms with Crippen LogP contribution in [0.15, 0.2) is 23.3 Å². The molecule has 4 nitrogen and oxygen atoms in total. The third-order valence-electron chi connectivity index (χ3n) is 2.98. The first-order valence-corrected chi connectivity index (χ1v) is 6.72. The summed E-state index contributed by atoms with van der Waals surface area (Å²) in [5.74, 6) is 1.63. The zero-order chi connectivity index (χ0) is 13.0. The summed E-state index contributed by atoms with van der Waals surface area (Å²) >= 11 is 5.75. The average molecular weight is 267 g/mol. The van der Waals surface area contributed by atoms with E-state index in [0.717, 1.165) is 24.0 Å². The first-order valence-electron chi connectivity index (χ1n) is 6.34. The highest BCUT2D eigenvalue weighted by Crippen LogP contribution is 2.28. The molecule has 0 spiro atoms. The standard InChI is InChI=1S/C13H19ClN4/c1-3-15-13(18-11-6-9(11)2)17-8-10-4-5-12(14)16-7-10/h4-5,7,9,11H,3,6,8H2,1-2H3,(H2,15,17,18). The summed E-state index contributed by atoms with van der Waals surface area (Å²) in [6.07, 6.45) is 2.99. The van der Waals surface area contributed by atoms with Crippen molar-refractivity contribution in [2.24, 2.45) is 10.9 Å². The van der Waals surface area contributed by atoms with Crippen molar-refractivity contribution in [3.05, 3.63) is 29.0 Å². The first kappa shape index (κ1) is 13.1. The average Bonchev–Trinajstić information content (AvgIpc) is 3.04. The van der Waals surface area contributed by atoms with Gasteiger partial charge in [-0.3, -0.25) is 0 Å². The molecule has 1 aromatic heterocycles. The number of pyridine rings is 1. The largest absolute Gasteiger partial charge is 0.357 e. The maximum absolute atomic E-state index is 5.75. The van der Waals surface area contributed by atoms with Crippen molar-refractivity contribution in [1.29, 1.82) is 0 Å². The Morgan fingerprint density at radius 1 is 1.56 bits per heavy atom. The van der Waals surface area contributed by atoms with E-state index in [-0.39, 0.29) is 0 Å². The van der Waals surface area contributed by atoms with Crippen molar-refractivity contribution < 1.29 is 0 Å². The Morgan fingerprint density at radius 3 is 2.89 bits per heavy atom. The zero-order valence-corrected chi connectivity index (χ0v) is 11.5. The van der Waals surface area contributed by atoms with Gasteiger partial charge in [0, 0.05) is 18.8 Å². The van der Waals surface area contributed by atoms with Crippen LogP contribution in [0.1, 0.15) is 25.8 Å². The summed E-state index contributed by atoms with van der Waals surface area (Å²) in [4.78, 5) is 8.58. The molecule has 2 N–H and O–H groups in total. The molecule has 0 amide bonds. The topological polar surface area (TPSA) is 49.3 Å². The van der Waals surface area contributed by atoms with Crippen LogP contribution in [0.25, 0.3) is 0 Å². The van der Waals surface area contributed by atoms with E-state index >= 15 is 0 Å². The summed E-state index contributed by atoms with van der Waals surface area (Å²) in [6, 6.07) is 4.31. The van der Waals surface area contributed by atoms with Crippen LogP contribution in [0, 0.1) is 5.92 Å². The molecule has 0 radical (unpaired) electrons. The lowest BCUT2D eigenvalue weighted by Crippen LogP contribution is -2.39. The fourth-order valence-electron chi connectivity index (χ4n) is 1.69. The third kappa shape index (κ3) is 3.88. The van der Waals surface area contributed by atoms with Crippen molar-refractivity contribution in [3.8, 4) is 0 Å². The zero-order valence-electron chi connectivity index (χ0n) is 10.8. The molecule has 0 saturated heterocycles. The summed E-state index contributed by atoms with van der Waals surface area (Å²) in [5.41, 5.74) is 1.06. The number of halogens is 1. The van der Waals surface area contributed by atoms with Crippen LogP contribution in [0.4, 0.5) is 0 Å². The van der Waals surface area contributed by atoms with Crippen LogP contribution in [0.2, 0.25) is 5.15 Å².